The van der Waals surface area contributed by atoms with Crippen LogP contribution in [0.25, 0.3) is 34.2 Å². The van der Waals surface area contributed by atoms with Crippen LogP contribution in [0.15, 0.2) is 58.5 Å². The molecule has 21 heteroatoms. The molecule has 0 bridgehead atoms. The van der Waals surface area contributed by atoms with E-state index in [1.54, 1.807) is 0 Å². The Morgan fingerprint density at radius 3 is 1.58 bits per heavy atom. The molecule has 0 atom stereocenters. The van der Waals surface area contributed by atoms with Crippen molar-refractivity contribution in [2.75, 3.05) is 0 Å². The minimum Gasteiger partial charge on any atom is -0.246 e. The molecule has 0 spiro atoms. The number of nitrogens with zero attached hydrogens (tertiary/aromatic N) is 3. The SMILES string of the molecule is CC(=C\F)/C(F)=C(F)\C(F)=C\c1nc(C2=C(F)C/C(F)=C(/F)CC(F)=C2F)nc(-c2c(F)c(F)c(-c3c(F)c(F)c(F)c(F)c3F)c(CF)c2F)n1. The molecule has 0 aliphatic heterocycles. The summed E-state index contributed by atoms with van der Waals surface area (Å²) in [6, 6.07) is 0. The van der Waals surface area contributed by atoms with E-state index in [9.17, 15) is 57.1 Å². The number of alkyl halides is 1. The number of allylic oxidation sites excluding steroid dienone is 10. The number of benzene rings is 2. The lowest BCUT2D eigenvalue weighted by molar-refractivity contribution is 0.380. The molecule has 4 rings (SSSR count). The number of aromatic nitrogens is 3. The highest BCUT2D eigenvalue weighted by atomic mass is 19.2. The minimum atomic E-state index is -2.86. The van der Waals surface area contributed by atoms with Gasteiger partial charge in [-0.2, -0.15) is 0 Å². The van der Waals surface area contributed by atoms with Crippen LogP contribution in [0.3, 0.4) is 0 Å². The van der Waals surface area contributed by atoms with Gasteiger partial charge >= 0.3 is 0 Å². The Hall–Kier alpha value is -5.37. The lowest BCUT2D eigenvalue weighted by Gasteiger charge is -2.17. The number of rotatable bonds is 7. The smallest absolute Gasteiger partial charge is 0.200 e. The number of hydrogen-bond acceptors (Lipinski definition) is 3. The summed E-state index contributed by atoms with van der Waals surface area (Å²) in [4.78, 5) is 9.49. The van der Waals surface area contributed by atoms with Gasteiger partial charge in [-0.05, 0) is 6.92 Å². The van der Waals surface area contributed by atoms with E-state index in [4.69, 9.17) is 0 Å². The van der Waals surface area contributed by atoms with E-state index in [-0.39, 0.29) is 6.08 Å². The fraction of sp³-hybridized carbons (Fsp3) is 0.129. The van der Waals surface area contributed by atoms with E-state index in [0.717, 1.165) is 0 Å². The number of hydrogen-bond donors (Lipinski definition) is 0. The van der Waals surface area contributed by atoms with Crippen LogP contribution in [0.5, 0.6) is 0 Å². The van der Waals surface area contributed by atoms with E-state index in [1.807, 2.05) is 0 Å². The third kappa shape index (κ3) is 6.94. The van der Waals surface area contributed by atoms with Gasteiger partial charge in [-0.15, -0.1) is 0 Å². The predicted molar refractivity (Wildman–Crippen MR) is 144 cm³/mol. The lowest BCUT2D eigenvalue weighted by atomic mass is 9.94. The first-order valence-corrected chi connectivity index (χ1v) is 13.5. The monoisotopic (exact) mass is 767 g/mol. The molecule has 3 aromatic rings. The zero-order chi connectivity index (χ0) is 39.1. The van der Waals surface area contributed by atoms with Crippen molar-refractivity contribution < 1.29 is 79.0 Å². The highest BCUT2D eigenvalue weighted by Crippen LogP contribution is 2.43. The van der Waals surface area contributed by atoms with Crippen molar-refractivity contribution >= 4 is 11.6 Å². The van der Waals surface area contributed by atoms with Gasteiger partial charge < -0.3 is 0 Å². The molecule has 2 aromatic carbocycles. The molecule has 3 nitrogen and oxygen atoms in total. The molecule has 1 aliphatic rings. The maximum Gasteiger partial charge on any atom is 0.200 e. The van der Waals surface area contributed by atoms with Crippen molar-refractivity contribution in [1.82, 2.24) is 15.0 Å². The minimum absolute atomic E-state index is 0.347. The quantitative estimate of drug-likeness (QED) is 0.104. The zero-order valence-electron chi connectivity index (χ0n) is 24.9. The fourth-order valence-corrected chi connectivity index (χ4v) is 4.40. The Balaban J connectivity index is 2.16. The average Bonchev–Trinajstić information content (AvgIpc) is 3.10. The van der Waals surface area contributed by atoms with Gasteiger partial charge in [0.1, 0.15) is 35.8 Å². The van der Waals surface area contributed by atoms with Crippen molar-refractivity contribution in [2.24, 2.45) is 0 Å². The van der Waals surface area contributed by atoms with Gasteiger partial charge in [0.2, 0.25) is 5.82 Å². The van der Waals surface area contributed by atoms with Crippen molar-refractivity contribution in [3.8, 4) is 22.5 Å². The van der Waals surface area contributed by atoms with Crippen LogP contribution in [0, 0.1) is 46.5 Å². The summed E-state index contributed by atoms with van der Waals surface area (Å²) < 4.78 is 260. The molecule has 1 heterocycles. The van der Waals surface area contributed by atoms with Gasteiger partial charge in [0.25, 0.3) is 0 Å². The molecule has 276 valence electrons. The Morgan fingerprint density at radius 1 is 0.558 bits per heavy atom. The van der Waals surface area contributed by atoms with E-state index in [2.05, 4.69) is 15.0 Å². The molecule has 0 saturated heterocycles. The maximum absolute atomic E-state index is 15.8. The largest absolute Gasteiger partial charge is 0.246 e. The normalized spacial score (nSPS) is 16.8. The van der Waals surface area contributed by atoms with Crippen molar-refractivity contribution in [2.45, 2.75) is 26.4 Å². The van der Waals surface area contributed by atoms with Gasteiger partial charge in [0.05, 0.1) is 35.9 Å². The first kappa shape index (κ1) is 39.4. The maximum atomic E-state index is 15.8. The molecule has 1 aromatic heterocycles. The van der Waals surface area contributed by atoms with E-state index >= 15 is 22.0 Å². The highest BCUT2D eigenvalue weighted by molar-refractivity contribution is 5.79. The third-order valence-electron chi connectivity index (χ3n) is 6.92. The van der Waals surface area contributed by atoms with Gasteiger partial charge in [-0.3, -0.25) is 0 Å². The van der Waals surface area contributed by atoms with Crippen LogP contribution in [0.2, 0.25) is 0 Å². The highest BCUT2D eigenvalue weighted by Gasteiger charge is 2.36. The van der Waals surface area contributed by atoms with E-state index in [0.29, 0.717) is 6.92 Å². The van der Waals surface area contributed by atoms with Crippen LogP contribution < -0.4 is 0 Å². The zero-order valence-corrected chi connectivity index (χ0v) is 24.9. The van der Waals surface area contributed by atoms with Crippen molar-refractivity contribution in [1.29, 1.82) is 0 Å². The standard InChI is InChI=1S/C31H11F18N3/c1-7(5-32)19(39)22(42)13(38)4-14-50-30(16-11(36)2-9(34)10(35)3-12(37)21(16)41)52-31(51-14)18-20(40)8(6-33)15(23(43)26(18)46)17-24(44)27(47)29(49)28(48)25(17)45/h4-5H,2-3,6H2,1H3/b7-5+,10-9-,13-4-,16-11?,21-12?,22-19-. The van der Waals surface area contributed by atoms with Crippen molar-refractivity contribution in [3.63, 3.8) is 0 Å². The molecule has 52 heavy (non-hydrogen) atoms. The first-order valence-electron chi connectivity index (χ1n) is 13.5. The van der Waals surface area contributed by atoms with Crippen LogP contribution in [0.4, 0.5) is 79.0 Å². The topological polar surface area (TPSA) is 38.7 Å². The summed E-state index contributed by atoms with van der Waals surface area (Å²) in [5.41, 5.74) is -11.9. The Labute approximate surface area is 277 Å². The molecular formula is C31H11F18N3. The van der Waals surface area contributed by atoms with E-state index in [1.165, 1.54) is 0 Å². The molecule has 0 radical (unpaired) electrons. The molecular weight excluding hydrogens is 756 g/mol. The van der Waals surface area contributed by atoms with Crippen LogP contribution in [0.1, 0.15) is 37.0 Å². The van der Waals surface area contributed by atoms with Crippen molar-refractivity contribution in [3.05, 3.63) is 122 Å². The van der Waals surface area contributed by atoms with Crippen LogP contribution in [-0.4, -0.2) is 15.0 Å². The summed E-state index contributed by atoms with van der Waals surface area (Å²) in [5, 5.41) is 0. The Bertz CT molecular complexity index is 2190. The summed E-state index contributed by atoms with van der Waals surface area (Å²) >= 11 is 0. The second-order valence-corrected chi connectivity index (χ2v) is 10.2. The second-order valence-electron chi connectivity index (χ2n) is 10.2. The Kier molecular flexibility index (Phi) is 11.4. The molecule has 0 unspecified atom stereocenters. The van der Waals surface area contributed by atoms with Crippen LogP contribution >= 0.6 is 0 Å². The molecule has 0 amide bonds. The summed E-state index contributed by atoms with van der Waals surface area (Å²) in [5.74, 6) is -45.7. The van der Waals surface area contributed by atoms with Gasteiger partial charge in [0, 0.05) is 22.8 Å². The summed E-state index contributed by atoms with van der Waals surface area (Å²) in [6.45, 7) is -1.87. The predicted octanol–water partition coefficient (Wildman–Crippen LogP) is 11.9. The summed E-state index contributed by atoms with van der Waals surface area (Å²) in [7, 11) is 0. The molecule has 0 saturated carbocycles. The molecule has 0 N–H and O–H groups in total. The third-order valence-corrected chi connectivity index (χ3v) is 6.92. The van der Waals surface area contributed by atoms with Crippen LogP contribution in [-0.2, 0) is 6.67 Å². The fourth-order valence-electron chi connectivity index (χ4n) is 4.40. The van der Waals surface area contributed by atoms with Gasteiger partial charge in [0.15, 0.2) is 75.7 Å². The van der Waals surface area contributed by atoms with E-state index < -0.39 is 170 Å². The summed E-state index contributed by atoms with van der Waals surface area (Å²) in [6.07, 6.45) is -4.53. The molecule has 1 aliphatic carbocycles. The second kappa shape index (κ2) is 15.1. The van der Waals surface area contributed by atoms with Gasteiger partial charge in [-0.1, -0.05) is 0 Å². The Morgan fingerprint density at radius 2 is 1.04 bits per heavy atom. The average molecular weight is 767 g/mol. The first-order chi connectivity index (χ1) is 24.3. The molecule has 0 fully saturated rings. The number of halogens is 18. The lowest BCUT2D eigenvalue weighted by Crippen LogP contribution is -2.12. The van der Waals surface area contributed by atoms with Gasteiger partial charge in [-0.25, -0.2) is 94.0 Å².